The van der Waals surface area contributed by atoms with Crippen LogP contribution >= 0.6 is 11.3 Å². The smallest absolute Gasteiger partial charge is 0.324 e. The zero-order valence-electron chi connectivity index (χ0n) is 16.8. The SMILES string of the molecule is COc1ccc(CCN2C(=O)NC(CCC(=O)Nc3nc4c(s3)CCC4)C2=O)cc1. The van der Waals surface area contributed by atoms with Crippen LogP contribution in [0.3, 0.4) is 0 Å². The first-order valence-electron chi connectivity index (χ1n) is 10.1. The van der Waals surface area contributed by atoms with Gasteiger partial charge in [0.25, 0.3) is 5.91 Å². The zero-order valence-corrected chi connectivity index (χ0v) is 17.6. The predicted octanol–water partition coefficient (Wildman–Crippen LogP) is 2.52. The minimum Gasteiger partial charge on any atom is -0.497 e. The number of thiazole rings is 1. The van der Waals surface area contributed by atoms with E-state index >= 15 is 0 Å². The molecule has 4 amide bonds. The Morgan fingerprint density at radius 3 is 2.83 bits per heavy atom. The Morgan fingerprint density at radius 2 is 2.10 bits per heavy atom. The fourth-order valence-electron chi connectivity index (χ4n) is 3.72. The van der Waals surface area contributed by atoms with E-state index in [1.54, 1.807) is 7.11 Å². The number of urea groups is 1. The van der Waals surface area contributed by atoms with Gasteiger partial charge in [0.15, 0.2) is 5.13 Å². The summed E-state index contributed by atoms with van der Waals surface area (Å²) >= 11 is 1.52. The number of imide groups is 1. The molecule has 1 aromatic carbocycles. The third kappa shape index (κ3) is 4.46. The molecular weight excluding hydrogens is 404 g/mol. The summed E-state index contributed by atoms with van der Waals surface area (Å²) in [4.78, 5) is 43.9. The monoisotopic (exact) mass is 428 g/mol. The third-order valence-corrected chi connectivity index (χ3v) is 6.47. The molecule has 1 atom stereocenters. The van der Waals surface area contributed by atoms with E-state index in [1.807, 2.05) is 24.3 Å². The van der Waals surface area contributed by atoms with Crippen LogP contribution in [-0.2, 0) is 28.9 Å². The number of carbonyl (C=O) groups is 3. The molecule has 0 radical (unpaired) electrons. The average molecular weight is 429 g/mol. The summed E-state index contributed by atoms with van der Waals surface area (Å²) in [7, 11) is 1.60. The van der Waals surface area contributed by atoms with Crippen LogP contribution < -0.4 is 15.4 Å². The highest BCUT2D eigenvalue weighted by Gasteiger charge is 2.37. The van der Waals surface area contributed by atoms with Crippen LogP contribution in [0, 0.1) is 0 Å². The maximum Gasteiger partial charge on any atom is 0.324 e. The Hall–Kier alpha value is -2.94. The van der Waals surface area contributed by atoms with Gasteiger partial charge in [-0.2, -0.15) is 0 Å². The maximum atomic E-state index is 12.6. The van der Waals surface area contributed by atoms with Crippen molar-refractivity contribution in [2.75, 3.05) is 19.0 Å². The van der Waals surface area contributed by atoms with E-state index in [0.29, 0.717) is 18.1 Å². The van der Waals surface area contributed by atoms with Crippen LogP contribution in [0.1, 0.15) is 35.4 Å². The van der Waals surface area contributed by atoms with Gasteiger partial charge in [-0.1, -0.05) is 12.1 Å². The van der Waals surface area contributed by atoms with Gasteiger partial charge in [0, 0.05) is 17.8 Å². The fraction of sp³-hybridized carbons (Fsp3) is 0.429. The number of amides is 4. The molecule has 1 saturated heterocycles. The van der Waals surface area contributed by atoms with Crippen molar-refractivity contribution in [3.63, 3.8) is 0 Å². The summed E-state index contributed by atoms with van der Waals surface area (Å²) in [5.41, 5.74) is 2.09. The van der Waals surface area contributed by atoms with Gasteiger partial charge < -0.3 is 15.4 Å². The molecule has 30 heavy (non-hydrogen) atoms. The van der Waals surface area contributed by atoms with Crippen molar-refractivity contribution in [1.82, 2.24) is 15.2 Å². The molecular formula is C21H24N4O4S. The Kier molecular flexibility index (Phi) is 5.98. The zero-order chi connectivity index (χ0) is 21.1. The number of anilines is 1. The first kappa shape index (κ1) is 20.3. The van der Waals surface area contributed by atoms with Crippen molar-refractivity contribution in [3.8, 4) is 5.75 Å². The molecule has 9 heteroatoms. The molecule has 1 aliphatic heterocycles. The Bertz CT molecular complexity index is 935. The number of benzene rings is 1. The van der Waals surface area contributed by atoms with E-state index in [0.717, 1.165) is 36.3 Å². The second-order valence-corrected chi connectivity index (χ2v) is 8.50. The molecule has 8 nitrogen and oxygen atoms in total. The van der Waals surface area contributed by atoms with Crippen molar-refractivity contribution >= 4 is 34.3 Å². The predicted molar refractivity (Wildman–Crippen MR) is 113 cm³/mol. The van der Waals surface area contributed by atoms with E-state index in [4.69, 9.17) is 4.74 Å². The number of rotatable bonds is 8. The van der Waals surface area contributed by atoms with Gasteiger partial charge in [0.2, 0.25) is 5.91 Å². The van der Waals surface area contributed by atoms with Gasteiger partial charge in [-0.25, -0.2) is 9.78 Å². The van der Waals surface area contributed by atoms with E-state index < -0.39 is 12.1 Å². The number of methoxy groups -OCH3 is 1. The molecule has 0 bridgehead atoms. The van der Waals surface area contributed by atoms with Gasteiger partial charge in [0.1, 0.15) is 11.8 Å². The fourth-order valence-corrected chi connectivity index (χ4v) is 4.78. The number of hydrogen-bond acceptors (Lipinski definition) is 6. The molecule has 2 aliphatic rings. The van der Waals surface area contributed by atoms with E-state index in [9.17, 15) is 14.4 Å². The lowest BCUT2D eigenvalue weighted by molar-refractivity contribution is -0.127. The van der Waals surface area contributed by atoms with Crippen LogP contribution in [0.4, 0.5) is 9.93 Å². The molecule has 1 unspecified atom stereocenters. The minimum atomic E-state index is -0.666. The quantitative estimate of drug-likeness (QED) is 0.630. The molecule has 2 aromatic rings. The number of hydrogen-bond donors (Lipinski definition) is 2. The highest BCUT2D eigenvalue weighted by molar-refractivity contribution is 7.15. The van der Waals surface area contributed by atoms with Crippen molar-refractivity contribution in [2.45, 2.75) is 44.6 Å². The number of aromatic nitrogens is 1. The number of nitrogens with zero attached hydrogens (tertiary/aromatic N) is 2. The van der Waals surface area contributed by atoms with Crippen molar-refractivity contribution in [1.29, 1.82) is 0 Å². The van der Waals surface area contributed by atoms with Crippen molar-refractivity contribution in [2.24, 2.45) is 0 Å². The van der Waals surface area contributed by atoms with Gasteiger partial charge in [-0.3, -0.25) is 14.5 Å². The first-order chi connectivity index (χ1) is 14.5. The number of ether oxygens (including phenoxy) is 1. The normalized spacial score (nSPS) is 17.8. The Labute approximate surface area is 178 Å². The number of carbonyl (C=O) groups excluding carboxylic acids is 3. The van der Waals surface area contributed by atoms with Crippen LogP contribution in [-0.4, -0.2) is 47.4 Å². The van der Waals surface area contributed by atoms with E-state index in [1.165, 1.54) is 21.1 Å². The topological polar surface area (TPSA) is 101 Å². The second kappa shape index (κ2) is 8.83. The summed E-state index contributed by atoms with van der Waals surface area (Å²) < 4.78 is 5.13. The first-order valence-corrected chi connectivity index (χ1v) is 10.9. The third-order valence-electron chi connectivity index (χ3n) is 5.39. The Morgan fingerprint density at radius 1 is 1.30 bits per heavy atom. The van der Waals surface area contributed by atoms with E-state index in [-0.39, 0.29) is 24.7 Å². The van der Waals surface area contributed by atoms with Crippen molar-refractivity contribution in [3.05, 3.63) is 40.4 Å². The summed E-state index contributed by atoms with van der Waals surface area (Å²) in [6.45, 7) is 0.296. The molecule has 2 N–H and O–H groups in total. The lowest BCUT2D eigenvalue weighted by Crippen LogP contribution is -2.33. The number of aryl methyl sites for hydroxylation is 2. The summed E-state index contributed by atoms with van der Waals surface area (Å²) in [6, 6.07) is 6.44. The molecule has 2 heterocycles. The van der Waals surface area contributed by atoms with Gasteiger partial charge in [-0.15, -0.1) is 11.3 Å². The maximum absolute atomic E-state index is 12.6. The highest BCUT2D eigenvalue weighted by Crippen LogP contribution is 2.30. The molecule has 158 valence electrons. The summed E-state index contributed by atoms with van der Waals surface area (Å²) in [6.07, 6.45) is 4.09. The van der Waals surface area contributed by atoms with E-state index in [2.05, 4.69) is 15.6 Å². The number of fused-ring (bicyclic) bond motifs is 1. The van der Waals surface area contributed by atoms with Crippen LogP contribution in [0.25, 0.3) is 0 Å². The average Bonchev–Trinajstić information content (AvgIpc) is 3.39. The standard InChI is InChI=1S/C21H24N4O4S/c1-29-14-7-5-13(6-8-14)11-12-25-19(27)16(23-21(25)28)9-10-18(26)24-20-22-15-3-2-4-17(15)30-20/h5-8,16H,2-4,9-12H2,1H3,(H,23,28)(H,22,24,26). The van der Waals surface area contributed by atoms with Crippen molar-refractivity contribution < 1.29 is 19.1 Å². The van der Waals surface area contributed by atoms with Crippen LogP contribution in [0.2, 0.25) is 0 Å². The van der Waals surface area contributed by atoms with Crippen LogP contribution in [0.5, 0.6) is 5.75 Å². The molecule has 1 fully saturated rings. The minimum absolute atomic E-state index is 0.146. The molecule has 0 saturated carbocycles. The van der Waals surface area contributed by atoms with Gasteiger partial charge in [-0.05, 0) is 49.8 Å². The lowest BCUT2D eigenvalue weighted by Gasteiger charge is -2.13. The largest absolute Gasteiger partial charge is 0.497 e. The summed E-state index contributed by atoms with van der Waals surface area (Å²) in [5, 5.41) is 6.11. The second-order valence-electron chi connectivity index (χ2n) is 7.42. The summed E-state index contributed by atoms with van der Waals surface area (Å²) in [5.74, 6) is 0.283. The molecule has 4 rings (SSSR count). The Balaban J connectivity index is 1.25. The van der Waals surface area contributed by atoms with Crippen LogP contribution in [0.15, 0.2) is 24.3 Å². The van der Waals surface area contributed by atoms with Gasteiger partial charge >= 0.3 is 6.03 Å². The molecule has 1 aliphatic carbocycles. The molecule has 1 aromatic heterocycles. The molecule has 0 spiro atoms. The lowest BCUT2D eigenvalue weighted by atomic mass is 10.1. The van der Waals surface area contributed by atoms with Gasteiger partial charge in [0.05, 0.1) is 12.8 Å². The number of nitrogens with one attached hydrogen (secondary N) is 2. The highest BCUT2D eigenvalue weighted by atomic mass is 32.1.